The molecule has 7 heteroatoms. The van der Waals surface area contributed by atoms with E-state index in [-0.39, 0.29) is 12.1 Å². The molecular weight excluding hydrogens is 327 g/mol. The molecule has 2 N–H and O–H groups in total. The van der Waals surface area contributed by atoms with Gasteiger partial charge in [-0.2, -0.15) is 0 Å². The number of carbonyl (C=O) groups is 1. The third kappa shape index (κ3) is 5.93. The van der Waals surface area contributed by atoms with Crippen molar-refractivity contribution < 1.29 is 13.4 Å². The predicted octanol–water partition coefficient (Wildman–Crippen LogP) is 2.82. The molecule has 124 valence electrons. The summed E-state index contributed by atoms with van der Waals surface area (Å²) in [6.45, 7) is 5.96. The molecule has 0 saturated carbocycles. The van der Waals surface area contributed by atoms with Gasteiger partial charge in [0, 0.05) is 45.8 Å². The molecule has 1 rings (SSSR count). The standard InChI is InChI=1S/C15H22ClFN2O2S/c1-10(8-22(4)21)19-14(20)18-9-15(2,3)12-6-5-11(17)7-13(12)16/h5-7,10H,8-9H2,1-4H3,(H2,18,19,20)/t10-,22+/m0/s1. The number of rotatable bonds is 6. The molecule has 0 aliphatic heterocycles. The highest BCUT2D eigenvalue weighted by atomic mass is 35.5. The number of carbonyl (C=O) groups excluding carboxylic acids is 1. The van der Waals surface area contributed by atoms with E-state index in [0.29, 0.717) is 17.3 Å². The van der Waals surface area contributed by atoms with E-state index in [9.17, 15) is 13.4 Å². The normalized spacial score (nSPS) is 14.3. The quantitative estimate of drug-likeness (QED) is 0.830. The fraction of sp³-hybridized carbons (Fsp3) is 0.533. The van der Waals surface area contributed by atoms with Gasteiger partial charge in [-0.05, 0) is 24.6 Å². The lowest BCUT2D eigenvalue weighted by Gasteiger charge is -2.27. The maximum Gasteiger partial charge on any atom is 0.315 e. The molecule has 2 amide bonds. The molecule has 0 aliphatic carbocycles. The van der Waals surface area contributed by atoms with Gasteiger partial charge in [-0.3, -0.25) is 4.21 Å². The van der Waals surface area contributed by atoms with Crippen molar-refractivity contribution >= 4 is 28.4 Å². The molecule has 0 aromatic heterocycles. The van der Waals surface area contributed by atoms with Crippen molar-refractivity contribution in [3.05, 3.63) is 34.6 Å². The van der Waals surface area contributed by atoms with Crippen LogP contribution in [0.2, 0.25) is 5.02 Å². The summed E-state index contributed by atoms with van der Waals surface area (Å²) in [6.07, 6.45) is 1.59. The van der Waals surface area contributed by atoms with Crippen LogP contribution >= 0.6 is 11.6 Å². The van der Waals surface area contributed by atoms with E-state index in [1.807, 2.05) is 13.8 Å². The van der Waals surface area contributed by atoms with Crippen LogP contribution < -0.4 is 10.6 Å². The first-order chi connectivity index (χ1) is 10.1. The highest BCUT2D eigenvalue weighted by Gasteiger charge is 2.24. The summed E-state index contributed by atoms with van der Waals surface area (Å²) < 4.78 is 24.2. The molecular formula is C15H22ClFN2O2S. The Morgan fingerprint density at radius 2 is 2.09 bits per heavy atom. The summed E-state index contributed by atoms with van der Waals surface area (Å²) in [4.78, 5) is 11.8. The van der Waals surface area contributed by atoms with Crippen molar-refractivity contribution in [2.75, 3.05) is 18.6 Å². The number of benzene rings is 1. The van der Waals surface area contributed by atoms with E-state index >= 15 is 0 Å². The molecule has 1 aromatic carbocycles. The summed E-state index contributed by atoms with van der Waals surface area (Å²) in [7, 11) is -0.964. The Balaban J connectivity index is 2.61. The van der Waals surface area contributed by atoms with Crippen LogP contribution in [0.1, 0.15) is 26.3 Å². The van der Waals surface area contributed by atoms with Gasteiger partial charge in [0.1, 0.15) is 5.82 Å². The molecule has 0 aliphatic rings. The number of urea groups is 1. The number of nitrogens with one attached hydrogen (secondary N) is 2. The largest absolute Gasteiger partial charge is 0.337 e. The molecule has 0 radical (unpaired) electrons. The minimum Gasteiger partial charge on any atom is -0.337 e. The molecule has 0 spiro atoms. The number of hydrogen-bond donors (Lipinski definition) is 2. The Morgan fingerprint density at radius 1 is 1.45 bits per heavy atom. The monoisotopic (exact) mass is 348 g/mol. The Morgan fingerprint density at radius 3 is 2.64 bits per heavy atom. The molecule has 0 fully saturated rings. The highest BCUT2D eigenvalue weighted by molar-refractivity contribution is 7.84. The summed E-state index contributed by atoms with van der Waals surface area (Å²) >= 11 is 6.07. The van der Waals surface area contributed by atoms with Crippen molar-refractivity contribution in [2.45, 2.75) is 32.2 Å². The van der Waals surface area contributed by atoms with Crippen LogP contribution in [0.4, 0.5) is 9.18 Å². The summed E-state index contributed by atoms with van der Waals surface area (Å²) in [6, 6.07) is 3.73. The molecule has 0 saturated heterocycles. The lowest BCUT2D eigenvalue weighted by molar-refractivity contribution is 0.236. The second-order valence-electron chi connectivity index (χ2n) is 5.98. The van der Waals surface area contributed by atoms with Gasteiger partial charge < -0.3 is 10.6 Å². The zero-order valence-corrected chi connectivity index (χ0v) is 14.8. The average Bonchev–Trinajstić information content (AvgIpc) is 2.34. The zero-order chi connectivity index (χ0) is 16.9. The summed E-state index contributed by atoms with van der Waals surface area (Å²) in [5, 5.41) is 5.82. The Labute approximate surface area is 138 Å². The lowest BCUT2D eigenvalue weighted by atomic mass is 9.84. The SMILES string of the molecule is C[C@@H](C[S@@](C)=O)NC(=O)NCC(C)(C)c1ccc(F)cc1Cl. The van der Waals surface area contributed by atoms with Crippen molar-refractivity contribution in [1.29, 1.82) is 0 Å². The van der Waals surface area contributed by atoms with Gasteiger partial charge in [0.2, 0.25) is 0 Å². The Hall–Kier alpha value is -1.14. The van der Waals surface area contributed by atoms with Gasteiger partial charge >= 0.3 is 6.03 Å². The predicted molar refractivity (Wildman–Crippen MR) is 89.4 cm³/mol. The van der Waals surface area contributed by atoms with Crippen LogP contribution in [0.3, 0.4) is 0 Å². The summed E-state index contributed by atoms with van der Waals surface area (Å²) in [5.41, 5.74) is 0.317. The maximum atomic E-state index is 13.1. The van der Waals surface area contributed by atoms with Crippen LogP contribution in [0.5, 0.6) is 0 Å². The van der Waals surface area contributed by atoms with Crippen molar-refractivity contribution in [3.63, 3.8) is 0 Å². The molecule has 0 unspecified atom stereocenters. The van der Waals surface area contributed by atoms with Gasteiger partial charge in [0.25, 0.3) is 0 Å². The topological polar surface area (TPSA) is 58.2 Å². The van der Waals surface area contributed by atoms with Crippen LogP contribution in [0.25, 0.3) is 0 Å². The lowest BCUT2D eigenvalue weighted by Crippen LogP contribution is -2.46. The van der Waals surface area contributed by atoms with E-state index < -0.39 is 22.0 Å². The van der Waals surface area contributed by atoms with Crippen LogP contribution in [0.15, 0.2) is 18.2 Å². The Kier molecular flexibility index (Phi) is 6.81. The number of halogens is 2. The van der Waals surface area contributed by atoms with Gasteiger partial charge in [-0.1, -0.05) is 31.5 Å². The van der Waals surface area contributed by atoms with Gasteiger partial charge in [-0.15, -0.1) is 0 Å². The molecule has 0 bridgehead atoms. The second-order valence-corrected chi connectivity index (χ2v) is 7.86. The molecule has 22 heavy (non-hydrogen) atoms. The molecule has 1 aromatic rings. The van der Waals surface area contributed by atoms with E-state index in [1.165, 1.54) is 12.1 Å². The fourth-order valence-corrected chi connectivity index (χ4v) is 3.31. The van der Waals surface area contributed by atoms with Crippen molar-refractivity contribution in [1.82, 2.24) is 10.6 Å². The van der Waals surface area contributed by atoms with Crippen LogP contribution in [-0.2, 0) is 16.2 Å². The van der Waals surface area contributed by atoms with E-state index in [1.54, 1.807) is 19.2 Å². The first-order valence-corrected chi connectivity index (χ1v) is 9.02. The number of amides is 2. The second kappa shape index (κ2) is 7.92. The van der Waals surface area contributed by atoms with Gasteiger partial charge in [0.15, 0.2) is 0 Å². The highest BCUT2D eigenvalue weighted by Crippen LogP contribution is 2.29. The van der Waals surface area contributed by atoms with Crippen LogP contribution in [-0.4, -0.2) is 34.8 Å². The molecule has 4 nitrogen and oxygen atoms in total. The Bertz CT molecular complexity index is 566. The zero-order valence-electron chi connectivity index (χ0n) is 13.2. The van der Waals surface area contributed by atoms with Gasteiger partial charge in [0.05, 0.1) is 0 Å². The fourth-order valence-electron chi connectivity index (χ4n) is 2.10. The van der Waals surface area contributed by atoms with E-state index in [0.717, 1.165) is 5.56 Å². The van der Waals surface area contributed by atoms with Crippen molar-refractivity contribution in [3.8, 4) is 0 Å². The first-order valence-electron chi connectivity index (χ1n) is 6.92. The smallest absolute Gasteiger partial charge is 0.315 e. The van der Waals surface area contributed by atoms with Crippen molar-refractivity contribution in [2.24, 2.45) is 0 Å². The minimum atomic E-state index is -0.964. The average molecular weight is 349 g/mol. The first kappa shape index (κ1) is 18.9. The summed E-state index contributed by atoms with van der Waals surface area (Å²) in [5.74, 6) is 0.0114. The maximum absolute atomic E-state index is 13.1. The van der Waals surface area contributed by atoms with Gasteiger partial charge in [-0.25, -0.2) is 9.18 Å². The van der Waals surface area contributed by atoms with Crippen LogP contribution in [0, 0.1) is 5.82 Å². The van der Waals surface area contributed by atoms with E-state index in [4.69, 9.17) is 11.6 Å². The molecule has 2 atom stereocenters. The molecule has 0 heterocycles. The third-order valence-corrected chi connectivity index (χ3v) is 4.50. The number of hydrogen-bond acceptors (Lipinski definition) is 2. The third-order valence-electron chi connectivity index (χ3n) is 3.21. The van der Waals surface area contributed by atoms with E-state index in [2.05, 4.69) is 10.6 Å². The minimum absolute atomic E-state index is 0.177.